The first-order valence-corrected chi connectivity index (χ1v) is 5.98. The third kappa shape index (κ3) is 3.01. The fourth-order valence-electron chi connectivity index (χ4n) is 2.15. The molecule has 0 amide bonds. The maximum absolute atomic E-state index is 9.83. The average Bonchev–Trinajstić information content (AvgIpc) is 2.15. The van der Waals surface area contributed by atoms with Crippen LogP contribution in [0.5, 0.6) is 0 Å². The fourth-order valence-corrected chi connectivity index (χ4v) is 2.15. The summed E-state index contributed by atoms with van der Waals surface area (Å²) in [4.78, 5) is 8.81. The van der Waals surface area contributed by atoms with E-state index >= 15 is 0 Å². The largest absolute Gasteiger partial charge is 0.393 e. The third-order valence-corrected chi connectivity index (χ3v) is 2.85. The van der Waals surface area contributed by atoms with Crippen molar-refractivity contribution in [1.29, 1.82) is 0 Å². The molecule has 0 aliphatic rings. The van der Waals surface area contributed by atoms with Crippen molar-refractivity contribution < 1.29 is 5.11 Å². The molecule has 0 saturated carbocycles. The highest BCUT2D eigenvalue weighted by molar-refractivity contribution is 5.16. The Morgan fingerprint density at radius 2 is 1.88 bits per heavy atom. The fraction of sp³-hybridized carbons (Fsp3) is 0.692. The first kappa shape index (κ1) is 13.1. The molecule has 0 bridgehead atoms. The molecule has 90 valence electrons. The molecule has 2 unspecified atom stereocenters. The summed E-state index contributed by atoms with van der Waals surface area (Å²) in [7, 11) is 0. The van der Waals surface area contributed by atoms with Crippen LogP contribution in [0.4, 0.5) is 0 Å². The van der Waals surface area contributed by atoms with Crippen LogP contribution in [0.3, 0.4) is 0 Å². The highest BCUT2D eigenvalue weighted by Gasteiger charge is 2.23. The Morgan fingerprint density at radius 1 is 1.25 bits per heavy atom. The standard InChI is InChI=1S/C13H22N2O/c1-6-11-7-12(15-10(5)14-11)13(8(2)3)9(4)16/h7-9,13,16H,6H2,1-5H3. The molecule has 1 rings (SSSR count). The zero-order valence-corrected chi connectivity index (χ0v) is 10.9. The minimum Gasteiger partial charge on any atom is -0.393 e. The zero-order chi connectivity index (χ0) is 12.3. The molecule has 0 saturated heterocycles. The number of hydrogen-bond donors (Lipinski definition) is 1. The molecular formula is C13H22N2O. The number of aliphatic hydroxyl groups is 1. The highest BCUT2D eigenvalue weighted by atomic mass is 16.3. The molecule has 0 radical (unpaired) electrons. The van der Waals surface area contributed by atoms with Crippen LogP contribution in [0.2, 0.25) is 0 Å². The second-order valence-electron chi connectivity index (χ2n) is 4.70. The molecule has 2 atom stereocenters. The molecule has 1 aromatic heterocycles. The summed E-state index contributed by atoms with van der Waals surface area (Å²) in [5.41, 5.74) is 2.02. The van der Waals surface area contributed by atoms with E-state index in [2.05, 4.69) is 30.7 Å². The van der Waals surface area contributed by atoms with Crippen molar-refractivity contribution >= 4 is 0 Å². The van der Waals surface area contributed by atoms with Crippen molar-refractivity contribution in [3.05, 3.63) is 23.3 Å². The maximum Gasteiger partial charge on any atom is 0.125 e. The lowest BCUT2D eigenvalue weighted by Crippen LogP contribution is -2.22. The summed E-state index contributed by atoms with van der Waals surface area (Å²) in [6.45, 7) is 10.0. The van der Waals surface area contributed by atoms with E-state index in [0.717, 1.165) is 23.6 Å². The van der Waals surface area contributed by atoms with E-state index in [4.69, 9.17) is 0 Å². The molecule has 1 heterocycles. The molecule has 3 heteroatoms. The van der Waals surface area contributed by atoms with Gasteiger partial charge in [0.05, 0.1) is 11.8 Å². The second kappa shape index (κ2) is 5.39. The number of hydrogen-bond acceptors (Lipinski definition) is 3. The summed E-state index contributed by atoms with van der Waals surface area (Å²) < 4.78 is 0. The summed E-state index contributed by atoms with van der Waals surface area (Å²) in [6, 6.07) is 2.02. The van der Waals surface area contributed by atoms with E-state index < -0.39 is 0 Å². The van der Waals surface area contributed by atoms with Crippen molar-refractivity contribution in [2.45, 2.75) is 53.1 Å². The van der Waals surface area contributed by atoms with Crippen LogP contribution < -0.4 is 0 Å². The van der Waals surface area contributed by atoms with Crippen LogP contribution in [0.25, 0.3) is 0 Å². The lowest BCUT2D eigenvalue weighted by molar-refractivity contribution is 0.138. The van der Waals surface area contributed by atoms with Gasteiger partial charge in [-0.3, -0.25) is 0 Å². The summed E-state index contributed by atoms with van der Waals surface area (Å²) >= 11 is 0. The van der Waals surface area contributed by atoms with Gasteiger partial charge in [0, 0.05) is 11.6 Å². The quantitative estimate of drug-likeness (QED) is 0.851. The van der Waals surface area contributed by atoms with E-state index in [1.165, 1.54) is 0 Å². The van der Waals surface area contributed by atoms with Gasteiger partial charge in [-0.1, -0.05) is 20.8 Å². The topological polar surface area (TPSA) is 46.0 Å². The predicted octanol–water partition coefficient (Wildman–Crippen LogP) is 2.47. The molecule has 1 N–H and O–H groups in total. The van der Waals surface area contributed by atoms with Crippen LogP contribution >= 0.6 is 0 Å². The minimum atomic E-state index is -0.376. The lowest BCUT2D eigenvalue weighted by Gasteiger charge is -2.23. The van der Waals surface area contributed by atoms with Gasteiger partial charge >= 0.3 is 0 Å². The van der Waals surface area contributed by atoms with E-state index in [1.807, 2.05) is 19.9 Å². The van der Waals surface area contributed by atoms with E-state index in [0.29, 0.717) is 5.92 Å². The summed E-state index contributed by atoms with van der Waals surface area (Å²) in [6.07, 6.45) is 0.528. The van der Waals surface area contributed by atoms with Crippen molar-refractivity contribution in [3.63, 3.8) is 0 Å². The van der Waals surface area contributed by atoms with Crippen molar-refractivity contribution in [2.75, 3.05) is 0 Å². The number of rotatable bonds is 4. The van der Waals surface area contributed by atoms with Crippen molar-refractivity contribution in [3.8, 4) is 0 Å². The van der Waals surface area contributed by atoms with Gasteiger partial charge in [-0.05, 0) is 32.3 Å². The molecule has 0 aromatic carbocycles. The monoisotopic (exact) mass is 222 g/mol. The Morgan fingerprint density at radius 3 is 2.31 bits per heavy atom. The second-order valence-corrected chi connectivity index (χ2v) is 4.70. The molecule has 0 fully saturated rings. The summed E-state index contributed by atoms with van der Waals surface area (Å²) in [5.74, 6) is 1.26. The molecule has 1 aromatic rings. The van der Waals surface area contributed by atoms with Gasteiger partial charge in [-0.15, -0.1) is 0 Å². The lowest BCUT2D eigenvalue weighted by atomic mass is 9.87. The number of aliphatic hydroxyl groups excluding tert-OH is 1. The van der Waals surface area contributed by atoms with Crippen LogP contribution in [-0.4, -0.2) is 21.2 Å². The van der Waals surface area contributed by atoms with Crippen LogP contribution in [0.1, 0.15) is 50.8 Å². The van der Waals surface area contributed by atoms with Crippen LogP contribution in [-0.2, 0) is 6.42 Å². The molecule has 0 spiro atoms. The van der Waals surface area contributed by atoms with Gasteiger partial charge in [0.1, 0.15) is 5.82 Å². The van der Waals surface area contributed by atoms with Crippen molar-refractivity contribution in [2.24, 2.45) is 5.92 Å². The third-order valence-electron chi connectivity index (χ3n) is 2.85. The SMILES string of the molecule is CCc1cc(C(C(C)C)C(C)O)nc(C)n1. The smallest absolute Gasteiger partial charge is 0.125 e. The Bertz CT molecular complexity index is 340. The summed E-state index contributed by atoms with van der Waals surface area (Å²) in [5, 5.41) is 9.83. The van der Waals surface area contributed by atoms with Crippen LogP contribution in [0, 0.1) is 12.8 Å². The maximum atomic E-state index is 9.83. The van der Waals surface area contributed by atoms with Gasteiger partial charge in [0.2, 0.25) is 0 Å². The van der Waals surface area contributed by atoms with E-state index in [1.54, 1.807) is 0 Å². The van der Waals surface area contributed by atoms with E-state index in [9.17, 15) is 5.11 Å². The number of aromatic nitrogens is 2. The van der Waals surface area contributed by atoms with Gasteiger partial charge in [0.15, 0.2) is 0 Å². The Kier molecular flexibility index (Phi) is 4.42. The van der Waals surface area contributed by atoms with Crippen LogP contribution in [0.15, 0.2) is 6.07 Å². The first-order valence-electron chi connectivity index (χ1n) is 5.98. The van der Waals surface area contributed by atoms with Crippen molar-refractivity contribution in [1.82, 2.24) is 9.97 Å². The van der Waals surface area contributed by atoms with Gasteiger partial charge in [-0.25, -0.2) is 9.97 Å². The van der Waals surface area contributed by atoms with Gasteiger partial charge in [-0.2, -0.15) is 0 Å². The molecule has 3 nitrogen and oxygen atoms in total. The minimum absolute atomic E-state index is 0.0898. The van der Waals surface area contributed by atoms with Gasteiger partial charge in [0.25, 0.3) is 0 Å². The molecule has 16 heavy (non-hydrogen) atoms. The molecule has 0 aliphatic heterocycles. The Hall–Kier alpha value is -0.960. The zero-order valence-electron chi connectivity index (χ0n) is 10.9. The van der Waals surface area contributed by atoms with Gasteiger partial charge < -0.3 is 5.11 Å². The number of nitrogens with zero attached hydrogens (tertiary/aromatic N) is 2. The Labute approximate surface area is 97.9 Å². The molecular weight excluding hydrogens is 200 g/mol. The molecule has 0 aliphatic carbocycles. The number of aryl methyl sites for hydroxylation is 2. The average molecular weight is 222 g/mol. The first-order chi connectivity index (χ1) is 7.45. The van der Waals surface area contributed by atoms with E-state index in [-0.39, 0.29) is 12.0 Å². The predicted molar refractivity (Wildman–Crippen MR) is 65.4 cm³/mol. The normalized spacial score (nSPS) is 15.2. The highest BCUT2D eigenvalue weighted by Crippen LogP contribution is 2.26. The Balaban J connectivity index is 3.13.